The molecule has 0 saturated carbocycles. The summed E-state index contributed by atoms with van der Waals surface area (Å²) in [5, 5.41) is 8.46. The Morgan fingerprint density at radius 2 is 2.00 bits per heavy atom. The molecule has 1 aromatic carbocycles. The summed E-state index contributed by atoms with van der Waals surface area (Å²) >= 11 is 0. The van der Waals surface area contributed by atoms with Gasteiger partial charge in [-0.2, -0.15) is 5.10 Å². The lowest BCUT2D eigenvalue weighted by Crippen LogP contribution is -1.99. The van der Waals surface area contributed by atoms with Crippen LogP contribution in [0.5, 0.6) is 5.88 Å². The molecule has 5 nitrogen and oxygen atoms in total. The molecule has 0 saturated heterocycles. The van der Waals surface area contributed by atoms with Crippen LogP contribution in [0.25, 0.3) is 5.69 Å². The molecule has 0 aliphatic rings. The lowest BCUT2D eigenvalue weighted by Gasteiger charge is -2.05. The zero-order valence-corrected chi connectivity index (χ0v) is 11.5. The third-order valence-corrected chi connectivity index (χ3v) is 3.18. The first kappa shape index (κ1) is 12.5. The van der Waals surface area contributed by atoms with Crippen LogP contribution in [-0.4, -0.2) is 19.6 Å². The van der Waals surface area contributed by atoms with Crippen molar-refractivity contribution in [1.82, 2.24) is 19.6 Å². The highest BCUT2D eigenvalue weighted by Gasteiger charge is 2.03. The fourth-order valence-corrected chi connectivity index (χ4v) is 1.92. The average molecular weight is 268 g/mol. The van der Waals surface area contributed by atoms with Gasteiger partial charge in [0.1, 0.15) is 6.61 Å². The lowest BCUT2D eigenvalue weighted by molar-refractivity contribution is 0.291. The van der Waals surface area contributed by atoms with E-state index in [2.05, 4.69) is 10.2 Å². The van der Waals surface area contributed by atoms with E-state index in [1.807, 2.05) is 61.2 Å². The van der Waals surface area contributed by atoms with Crippen molar-refractivity contribution in [2.24, 2.45) is 7.05 Å². The third kappa shape index (κ3) is 2.56. The van der Waals surface area contributed by atoms with Gasteiger partial charge in [-0.3, -0.25) is 4.68 Å². The highest BCUT2D eigenvalue weighted by Crippen LogP contribution is 2.13. The van der Waals surface area contributed by atoms with Gasteiger partial charge in [-0.25, -0.2) is 4.68 Å². The second kappa shape index (κ2) is 5.21. The van der Waals surface area contributed by atoms with E-state index >= 15 is 0 Å². The summed E-state index contributed by atoms with van der Waals surface area (Å²) in [6.07, 6.45) is 3.68. The predicted molar refractivity (Wildman–Crippen MR) is 75.8 cm³/mol. The van der Waals surface area contributed by atoms with E-state index in [0.29, 0.717) is 12.5 Å². The summed E-state index contributed by atoms with van der Waals surface area (Å²) in [5.41, 5.74) is 3.21. The number of aryl methyl sites for hydroxylation is 2. The molecule has 0 aliphatic carbocycles. The summed E-state index contributed by atoms with van der Waals surface area (Å²) in [6, 6.07) is 11.9. The molecule has 5 heteroatoms. The van der Waals surface area contributed by atoms with E-state index in [-0.39, 0.29) is 0 Å². The highest BCUT2D eigenvalue weighted by atomic mass is 16.5. The Morgan fingerprint density at radius 1 is 1.20 bits per heavy atom. The van der Waals surface area contributed by atoms with Crippen LogP contribution < -0.4 is 4.74 Å². The average Bonchev–Trinajstić information content (AvgIpc) is 3.08. The van der Waals surface area contributed by atoms with Crippen molar-refractivity contribution >= 4 is 0 Å². The number of rotatable bonds is 4. The Hall–Kier alpha value is -2.56. The van der Waals surface area contributed by atoms with E-state index in [9.17, 15) is 0 Å². The number of ether oxygens (including phenoxy) is 1. The number of hydrogen-bond acceptors (Lipinski definition) is 3. The highest BCUT2D eigenvalue weighted by molar-refractivity contribution is 5.33. The number of hydrogen-bond donors (Lipinski definition) is 0. The zero-order valence-electron chi connectivity index (χ0n) is 11.5. The van der Waals surface area contributed by atoms with Gasteiger partial charge < -0.3 is 4.74 Å². The Kier molecular flexibility index (Phi) is 3.25. The molecule has 0 amide bonds. The van der Waals surface area contributed by atoms with Crippen LogP contribution in [0.2, 0.25) is 0 Å². The van der Waals surface area contributed by atoms with Crippen molar-refractivity contribution < 1.29 is 4.74 Å². The van der Waals surface area contributed by atoms with Gasteiger partial charge in [-0.1, -0.05) is 12.1 Å². The van der Waals surface area contributed by atoms with Gasteiger partial charge in [0.25, 0.3) is 0 Å². The molecule has 0 bridgehead atoms. The zero-order chi connectivity index (χ0) is 13.9. The molecule has 0 aliphatic heterocycles. The molecular weight excluding hydrogens is 252 g/mol. The molecule has 0 atom stereocenters. The quantitative estimate of drug-likeness (QED) is 0.730. The Morgan fingerprint density at radius 3 is 2.60 bits per heavy atom. The first-order valence-electron chi connectivity index (χ1n) is 6.45. The first-order valence-corrected chi connectivity index (χ1v) is 6.45. The van der Waals surface area contributed by atoms with Crippen LogP contribution in [-0.2, 0) is 13.7 Å². The van der Waals surface area contributed by atoms with Gasteiger partial charge in [-0.05, 0) is 30.7 Å². The molecule has 0 fully saturated rings. The maximum Gasteiger partial charge on any atom is 0.233 e. The van der Waals surface area contributed by atoms with E-state index in [1.165, 1.54) is 0 Å². The van der Waals surface area contributed by atoms with Crippen molar-refractivity contribution in [3.8, 4) is 11.6 Å². The topological polar surface area (TPSA) is 44.9 Å². The monoisotopic (exact) mass is 268 g/mol. The molecule has 2 heterocycles. The van der Waals surface area contributed by atoms with Gasteiger partial charge in [-0.15, -0.1) is 5.10 Å². The third-order valence-electron chi connectivity index (χ3n) is 3.18. The summed E-state index contributed by atoms with van der Waals surface area (Å²) in [6.45, 7) is 2.51. The molecular formula is C15H16N4O. The minimum absolute atomic E-state index is 0.510. The second-order valence-corrected chi connectivity index (χ2v) is 4.65. The molecule has 0 unspecified atom stereocenters. The van der Waals surface area contributed by atoms with Crippen molar-refractivity contribution in [3.05, 3.63) is 60.0 Å². The number of aromatic nitrogens is 4. The van der Waals surface area contributed by atoms with Crippen molar-refractivity contribution in [1.29, 1.82) is 0 Å². The van der Waals surface area contributed by atoms with Gasteiger partial charge in [0.2, 0.25) is 5.88 Å². The first-order chi connectivity index (χ1) is 9.72. The fraction of sp³-hybridized carbons (Fsp3) is 0.200. The Bertz CT molecular complexity index is 664. The summed E-state index contributed by atoms with van der Waals surface area (Å²) < 4.78 is 9.30. The minimum atomic E-state index is 0.510. The molecule has 0 N–H and O–H groups in total. The molecule has 3 rings (SSSR count). The largest absolute Gasteiger partial charge is 0.472 e. The predicted octanol–water partition coefficient (Wildman–Crippen LogP) is 2.49. The van der Waals surface area contributed by atoms with E-state index < -0.39 is 0 Å². The summed E-state index contributed by atoms with van der Waals surface area (Å²) in [7, 11) is 1.90. The molecule has 0 spiro atoms. The van der Waals surface area contributed by atoms with Crippen LogP contribution in [0, 0.1) is 6.92 Å². The summed E-state index contributed by atoms with van der Waals surface area (Å²) in [4.78, 5) is 0. The van der Waals surface area contributed by atoms with Gasteiger partial charge >= 0.3 is 0 Å². The van der Waals surface area contributed by atoms with Crippen LogP contribution in [0.1, 0.15) is 11.3 Å². The molecule has 20 heavy (non-hydrogen) atoms. The van der Waals surface area contributed by atoms with Crippen LogP contribution in [0.4, 0.5) is 0 Å². The van der Waals surface area contributed by atoms with Gasteiger partial charge in [0, 0.05) is 31.2 Å². The van der Waals surface area contributed by atoms with E-state index in [0.717, 1.165) is 16.9 Å². The van der Waals surface area contributed by atoms with Gasteiger partial charge in [0.15, 0.2) is 0 Å². The maximum atomic E-state index is 5.67. The van der Waals surface area contributed by atoms with Crippen molar-refractivity contribution in [3.63, 3.8) is 0 Å². The Balaban J connectivity index is 1.66. The number of benzene rings is 1. The van der Waals surface area contributed by atoms with Crippen LogP contribution >= 0.6 is 0 Å². The molecule has 3 aromatic rings. The van der Waals surface area contributed by atoms with E-state index in [1.54, 1.807) is 10.9 Å². The molecule has 0 radical (unpaired) electrons. The normalized spacial score (nSPS) is 10.7. The van der Waals surface area contributed by atoms with Gasteiger partial charge in [0.05, 0.1) is 5.69 Å². The molecule has 102 valence electrons. The molecule has 2 aromatic heterocycles. The Labute approximate surface area is 117 Å². The van der Waals surface area contributed by atoms with Crippen molar-refractivity contribution in [2.45, 2.75) is 13.5 Å². The smallest absolute Gasteiger partial charge is 0.233 e. The minimum Gasteiger partial charge on any atom is -0.472 e. The summed E-state index contributed by atoms with van der Waals surface area (Å²) in [5.74, 6) is 0.654. The van der Waals surface area contributed by atoms with E-state index in [4.69, 9.17) is 4.74 Å². The van der Waals surface area contributed by atoms with Crippen LogP contribution in [0.3, 0.4) is 0 Å². The van der Waals surface area contributed by atoms with Crippen molar-refractivity contribution in [2.75, 3.05) is 0 Å². The fourth-order valence-electron chi connectivity index (χ4n) is 1.92. The van der Waals surface area contributed by atoms with Crippen LogP contribution in [0.15, 0.2) is 48.8 Å². The lowest BCUT2D eigenvalue weighted by atomic mass is 10.2. The number of nitrogens with zero attached hydrogens (tertiary/aromatic N) is 4. The standard InChI is InChI=1S/C15H16N4O/c1-12-10-15(17-18(12)2)20-11-13-4-6-14(7-5-13)19-9-3-8-16-19/h3-10H,11H2,1-2H3. The maximum absolute atomic E-state index is 5.67. The SMILES string of the molecule is Cc1cc(OCc2ccc(-n3cccn3)cc2)nn1C. The second-order valence-electron chi connectivity index (χ2n) is 4.65.